The molecule has 2 rings (SSSR count). The second kappa shape index (κ2) is 8.43. The summed E-state index contributed by atoms with van der Waals surface area (Å²) in [5.74, 6) is -1.64. The van der Waals surface area contributed by atoms with Crippen molar-refractivity contribution in [2.75, 3.05) is 26.8 Å². The second-order valence-corrected chi connectivity index (χ2v) is 6.05. The van der Waals surface area contributed by atoms with Crippen molar-refractivity contribution >= 4 is 29.6 Å². The molecule has 0 spiro atoms. The van der Waals surface area contributed by atoms with Crippen LogP contribution in [0, 0.1) is 10.1 Å². The molecule has 12 nitrogen and oxygen atoms in total. The Kier molecular flexibility index (Phi) is 6.26. The maximum atomic E-state index is 12.7. The smallest absolute Gasteiger partial charge is 0.325 e. The molecular formula is C16H19N5O7. The first-order valence-corrected chi connectivity index (χ1v) is 8.14. The molecule has 0 aromatic heterocycles. The molecule has 1 unspecified atom stereocenters. The van der Waals surface area contributed by atoms with Crippen LogP contribution in [0.2, 0.25) is 0 Å². The van der Waals surface area contributed by atoms with E-state index >= 15 is 0 Å². The maximum Gasteiger partial charge on any atom is 0.325 e. The molecule has 0 bridgehead atoms. The lowest BCUT2D eigenvalue weighted by Gasteiger charge is -2.21. The Balaban J connectivity index is 2.08. The summed E-state index contributed by atoms with van der Waals surface area (Å²) in [6, 6.07) is 3.62. The second-order valence-electron chi connectivity index (χ2n) is 6.05. The topological polar surface area (TPSA) is 160 Å². The highest BCUT2D eigenvalue weighted by atomic mass is 16.6. The molecule has 1 aliphatic rings. The number of imide groups is 2. The van der Waals surface area contributed by atoms with Crippen LogP contribution in [0.5, 0.6) is 0 Å². The fourth-order valence-electron chi connectivity index (χ4n) is 2.59. The summed E-state index contributed by atoms with van der Waals surface area (Å²) in [7, 11) is 1.45. The fraction of sp³-hybridized carbons (Fsp3) is 0.375. The Bertz CT molecular complexity index is 827. The molecule has 0 aliphatic carbocycles. The monoisotopic (exact) mass is 393 g/mol. The SMILES string of the molecule is COCCNC(=O)NC(=O)CN1C(=O)NC(C)(c2cccc([N+](=O)[O-])c2)C1=O. The van der Waals surface area contributed by atoms with Crippen LogP contribution in [0.25, 0.3) is 0 Å². The number of hydrogen-bond acceptors (Lipinski definition) is 7. The van der Waals surface area contributed by atoms with E-state index in [1.54, 1.807) is 0 Å². The lowest BCUT2D eigenvalue weighted by atomic mass is 9.91. The Morgan fingerprint density at radius 1 is 1.36 bits per heavy atom. The molecular weight excluding hydrogens is 374 g/mol. The van der Waals surface area contributed by atoms with Gasteiger partial charge in [-0.2, -0.15) is 0 Å². The van der Waals surface area contributed by atoms with Crippen LogP contribution in [-0.4, -0.2) is 60.5 Å². The van der Waals surface area contributed by atoms with Crippen molar-refractivity contribution in [1.29, 1.82) is 0 Å². The molecule has 1 aliphatic heterocycles. The maximum absolute atomic E-state index is 12.7. The van der Waals surface area contributed by atoms with Gasteiger partial charge in [-0.1, -0.05) is 12.1 Å². The van der Waals surface area contributed by atoms with Crippen molar-refractivity contribution in [2.45, 2.75) is 12.5 Å². The third-order valence-corrected chi connectivity index (χ3v) is 4.06. The van der Waals surface area contributed by atoms with E-state index in [0.29, 0.717) is 4.90 Å². The number of ether oxygens (including phenoxy) is 1. The van der Waals surface area contributed by atoms with Crippen LogP contribution in [-0.2, 0) is 19.9 Å². The third kappa shape index (κ3) is 4.40. The van der Waals surface area contributed by atoms with E-state index in [2.05, 4.69) is 10.6 Å². The first kappa shape index (κ1) is 20.8. The van der Waals surface area contributed by atoms with Gasteiger partial charge in [-0.15, -0.1) is 0 Å². The van der Waals surface area contributed by atoms with Gasteiger partial charge in [-0.3, -0.25) is 29.9 Å². The summed E-state index contributed by atoms with van der Waals surface area (Å²) in [5, 5.41) is 17.7. The van der Waals surface area contributed by atoms with Gasteiger partial charge in [0.2, 0.25) is 5.91 Å². The highest BCUT2D eigenvalue weighted by Crippen LogP contribution is 2.30. The molecule has 1 fully saturated rings. The van der Waals surface area contributed by atoms with Crippen molar-refractivity contribution in [3.8, 4) is 0 Å². The van der Waals surface area contributed by atoms with Gasteiger partial charge in [0.25, 0.3) is 11.6 Å². The Morgan fingerprint density at radius 3 is 2.71 bits per heavy atom. The summed E-state index contributed by atoms with van der Waals surface area (Å²) in [5.41, 5.74) is -1.63. The number of rotatable bonds is 7. The fourth-order valence-corrected chi connectivity index (χ4v) is 2.59. The summed E-state index contributed by atoms with van der Waals surface area (Å²) in [6.07, 6.45) is 0. The van der Waals surface area contributed by atoms with Crippen LogP contribution < -0.4 is 16.0 Å². The first-order valence-electron chi connectivity index (χ1n) is 8.14. The average molecular weight is 393 g/mol. The molecule has 12 heteroatoms. The normalized spacial score (nSPS) is 18.6. The standard InChI is InChI=1S/C16H19N5O7/c1-16(10-4-3-5-11(8-10)21(26)27)13(23)20(15(25)19-16)9-12(22)18-14(24)17-6-7-28-2/h3-5,8H,6-7,9H2,1-2H3,(H,19,25)(H2,17,18,22,24). The molecule has 0 saturated carbocycles. The number of methoxy groups -OCH3 is 1. The lowest BCUT2D eigenvalue weighted by Crippen LogP contribution is -2.47. The number of nitrogens with one attached hydrogen (secondary N) is 3. The van der Waals surface area contributed by atoms with Gasteiger partial charge >= 0.3 is 12.1 Å². The zero-order chi connectivity index (χ0) is 20.9. The van der Waals surface area contributed by atoms with Gasteiger partial charge in [-0.25, -0.2) is 9.59 Å². The van der Waals surface area contributed by atoms with Crippen molar-refractivity contribution in [2.24, 2.45) is 0 Å². The van der Waals surface area contributed by atoms with E-state index in [1.165, 1.54) is 38.3 Å². The molecule has 1 saturated heterocycles. The summed E-state index contributed by atoms with van der Waals surface area (Å²) in [6.45, 7) is 1.11. The van der Waals surface area contributed by atoms with Crippen LogP contribution in [0.3, 0.4) is 0 Å². The number of hydrogen-bond donors (Lipinski definition) is 3. The summed E-state index contributed by atoms with van der Waals surface area (Å²) < 4.78 is 4.75. The quantitative estimate of drug-likeness (QED) is 0.251. The van der Waals surface area contributed by atoms with Crippen LogP contribution in [0.4, 0.5) is 15.3 Å². The van der Waals surface area contributed by atoms with E-state index in [1.807, 2.05) is 5.32 Å². The number of non-ortho nitro benzene ring substituents is 1. The van der Waals surface area contributed by atoms with Crippen molar-refractivity contribution in [3.63, 3.8) is 0 Å². The number of carbonyl (C=O) groups is 4. The molecule has 1 aromatic rings. The number of amides is 6. The van der Waals surface area contributed by atoms with Crippen molar-refractivity contribution in [1.82, 2.24) is 20.9 Å². The molecule has 6 amide bonds. The number of carbonyl (C=O) groups excluding carboxylic acids is 4. The molecule has 28 heavy (non-hydrogen) atoms. The van der Waals surface area contributed by atoms with Crippen LogP contribution in [0.1, 0.15) is 12.5 Å². The Morgan fingerprint density at radius 2 is 2.07 bits per heavy atom. The van der Waals surface area contributed by atoms with Crippen molar-refractivity contribution in [3.05, 3.63) is 39.9 Å². The third-order valence-electron chi connectivity index (χ3n) is 4.06. The number of nitrogens with zero attached hydrogens (tertiary/aromatic N) is 2. The first-order chi connectivity index (χ1) is 13.2. The largest absolute Gasteiger partial charge is 0.383 e. The highest BCUT2D eigenvalue weighted by molar-refractivity contribution is 6.10. The summed E-state index contributed by atoms with van der Waals surface area (Å²) in [4.78, 5) is 59.4. The van der Waals surface area contributed by atoms with Gasteiger partial charge in [0.15, 0.2) is 0 Å². The Labute approximate surface area is 159 Å². The number of urea groups is 2. The molecule has 1 heterocycles. The van der Waals surface area contributed by atoms with Gasteiger partial charge < -0.3 is 15.4 Å². The Hall–Kier alpha value is -3.54. The predicted molar refractivity (Wildman–Crippen MR) is 94.1 cm³/mol. The number of benzene rings is 1. The van der Waals surface area contributed by atoms with E-state index in [0.717, 1.165) is 0 Å². The van der Waals surface area contributed by atoms with Gasteiger partial charge in [0.1, 0.15) is 12.1 Å². The minimum atomic E-state index is -1.58. The zero-order valence-corrected chi connectivity index (χ0v) is 15.2. The predicted octanol–water partition coefficient (Wildman–Crippen LogP) is -0.166. The molecule has 150 valence electrons. The van der Waals surface area contributed by atoms with E-state index < -0.39 is 40.9 Å². The molecule has 1 atom stereocenters. The van der Waals surface area contributed by atoms with Crippen LogP contribution in [0.15, 0.2) is 24.3 Å². The van der Waals surface area contributed by atoms with E-state index in [-0.39, 0.29) is 24.4 Å². The number of nitro groups is 1. The highest BCUT2D eigenvalue weighted by Gasteiger charge is 2.49. The summed E-state index contributed by atoms with van der Waals surface area (Å²) >= 11 is 0. The van der Waals surface area contributed by atoms with E-state index in [9.17, 15) is 29.3 Å². The van der Waals surface area contributed by atoms with E-state index in [4.69, 9.17) is 4.74 Å². The zero-order valence-electron chi connectivity index (χ0n) is 15.2. The lowest BCUT2D eigenvalue weighted by molar-refractivity contribution is -0.385. The molecule has 1 aromatic carbocycles. The average Bonchev–Trinajstić information content (AvgIpc) is 2.86. The molecule has 3 N–H and O–H groups in total. The minimum absolute atomic E-state index is 0.170. The van der Waals surface area contributed by atoms with Crippen molar-refractivity contribution < 1.29 is 28.8 Å². The minimum Gasteiger partial charge on any atom is -0.383 e. The van der Waals surface area contributed by atoms with Gasteiger partial charge in [-0.05, 0) is 12.5 Å². The molecule has 0 radical (unpaired) electrons. The number of nitro benzene ring substituents is 1. The van der Waals surface area contributed by atoms with Crippen LogP contribution >= 0.6 is 0 Å². The van der Waals surface area contributed by atoms with Gasteiger partial charge in [0, 0.05) is 25.8 Å². The van der Waals surface area contributed by atoms with Gasteiger partial charge in [0.05, 0.1) is 11.5 Å².